The fraction of sp³-hybridized carbons (Fsp3) is 0.333. The minimum atomic E-state index is -2.89. The van der Waals surface area contributed by atoms with Crippen LogP contribution in [0.1, 0.15) is 43.7 Å². The van der Waals surface area contributed by atoms with E-state index >= 15 is 0 Å². The van der Waals surface area contributed by atoms with Gasteiger partial charge in [0.05, 0.1) is 16.1 Å². The molecular weight excluding hydrogens is 482 g/mol. The summed E-state index contributed by atoms with van der Waals surface area (Å²) in [6.07, 6.45) is -0.260. The van der Waals surface area contributed by atoms with Gasteiger partial charge in [-0.3, -0.25) is 14.6 Å². The predicted octanol–water partition coefficient (Wildman–Crippen LogP) is 4.29. The number of benzene rings is 2. The number of hydrogen-bond donors (Lipinski definition) is 2. The number of aromatic amines is 1. The number of nitrogens with zero attached hydrogens (tertiary/aromatic N) is 2. The van der Waals surface area contributed by atoms with Crippen LogP contribution < -0.4 is 21.7 Å². The Morgan fingerprint density at radius 1 is 1.23 bits per heavy atom. The van der Waals surface area contributed by atoms with Crippen LogP contribution in [-0.4, -0.2) is 26.5 Å². The van der Waals surface area contributed by atoms with Crippen LogP contribution in [0.25, 0.3) is 5.69 Å². The fourth-order valence-electron chi connectivity index (χ4n) is 4.43. The Balaban J connectivity index is 1.66. The lowest BCUT2D eigenvalue weighted by molar-refractivity contribution is -0.157. The van der Waals surface area contributed by atoms with Gasteiger partial charge in [0.25, 0.3) is 11.5 Å². The molecule has 1 saturated carbocycles. The van der Waals surface area contributed by atoms with Gasteiger partial charge in [-0.2, -0.15) is 4.68 Å². The van der Waals surface area contributed by atoms with Gasteiger partial charge in [0, 0.05) is 19.3 Å². The van der Waals surface area contributed by atoms with Gasteiger partial charge >= 0.3 is 5.69 Å². The molecule has 8 nitrogen and oxygen atoms in total. The number of alkyl halides is 2. The van der Waals surface area contributed by atoms with Crippen LogP contribution in [0.3, 0.4) is 0 Å². The first-order valence-corrected chi connectivity index (χ1v) is 11.3. The standard InChI is InChI=1S/C24H23ClF2N4O4/c1-3-4-19(32)23(11-24(26,27)12-23)16-10-15(7-5-13(16)2)35-18-8-6-14(9-17(18)25)31-22(34)29-21(33)20(28)30-31/h5-10H,3-4,11-12H2,1-2H3,(H2,28,30)(H,29,33,34). The Morgan fingerprint density at radius 2 is 1.94 bits per heavy atom. The number of nitrogen functional groups attached to an aromatic ring is 1. The van der Waals surface area contributed by atoms with Gasteiger partial charge in [-0.25, -0.2) is 13.6 Å². The molecule has 184 valence electrons. The number of aryl methyl sites for hydroxylation is 1. The molecule has 0 saturated heterocycles. The summed E-state index contributed by atoms with van der Waals surface area (Å²) in [7, 11) is 0. The van der Waals surface area contributed by atoms with E-state index in [0.29, 0.717) is 17.7 Å². The van der Waals surface area contributed by atoms with E-state index < -0.39 is 35.4 Å². The van der Waals surface area contributed by atoms with E-state index in [1.54, 1.807) is 25.1 Å². The molecule has 4 rings (SSSR count). The Labute approximate surface area is 203 Å². The van der Waals surface area contributed by atoms with E-state index in [1.807, 2.05) is 11.9 Å². The van der Waals surface area contributed by atoms with Gasteiger partial charge in [-0.05, 0) is 54.8 Å². The monoisotopic (exact) mass is 504 g/mol. The SMILES string of the molecule is CCCC(=O)C1(c2cc(Oc3ccc(-n4nc(N)c(=O)[nH]c4=O)cc3Cl)ccc2C)CC(F)(F)C1. The van der Waals surface area contributed by atoms with Crippen molar-refractivity contribution >= 4 is 23.2 Å². The number of nitrogens with two attached hydrogens (primary N) is 1. The summed E-state index contributed by atoms with van der Waals surface area (Å²) < 4.78 is 34.7. The number of carbonyl (C=O) groups excluding carboxylic acids is 1. The largest absolute Gasteiger partial charge is 0.456 e. The van der Waals surface area contributed by atoms with Crippen molar-refractivity contribution in [2.45, 2.75) is 50.9 Å². The topological polar surface area (TPSA) is 120 Å². The zero-order chi connectivity index (χ0) is 25.5. The number of nitrogens with one attached hydrogen (secondary N) is 1. The number of carbonyl (C=O) groups is 1. The molecule has 0 amide bonds. The summed E-state index contributed by atoms with van der Waals surface area (Å²) in [5, 5.41) is 3.87. The van der Waals surface area contributed by atoms with E-state index in [2.05, 4.69) is 5.10 Å². The van der Waals surface area contributed by atoms with Gasteiger partial charge in [-0.15, -0.1) is 5.10 Å². The van der Waals surface area contributed by atoms with Crippen LogP contribution in [0, 0.1) is 6.92 Å². The average Bonchev–Trinajstić information content (AvgIpc) is 2.77. The summed E-state index contributed by atoms with van der Waals surface area (Å²) in [5.41, 5.74) is 4.13. The summed E-state index contributed by atoms with van der Waals surface area (Å²) >= 11 is 6.36. The highest BCUT2D eigenvalue weighted by Crippen LogP contribution is 2.55. The maximum Gasteiger partial charge on any atom is 0.349 e. The third-order valence-electron chi connectivity index (χ3n) is 6.10. The van der Waals surface area contributed by atoms with Gasteiger partial charge in [0.2, 0.25) is 5.82 Å². The van der Waals surface area contributed by atoms with Crippen LogP contribution >= 0.6 is 11.6 Å². The smallest absolute Gasteiger partial charge is 0.349 e. The third kappa shape index (κ3) is 4.58. The lowest BCUT2D eigenvalue weighted by Crippen LogP contribution is -2.54. The Morgan fingerprint density at radius 3 is 2.57 bits per heavy atom. The van der Waals surface area contributed by atoms with E-state index in [4.69, 9.17) is 22.1 Å². The molecule has 1 fully saturated rings. The van der Waals surface area contributed by atoms with Crippen molar-refractivity contribution in [2.75, 3.05) is 5.73 Å². The number of anilines is 1. The number of halogens is 3. The van der Waals surface area contributed by atoms with Crippen LogP contribution in [0.4, 0.5) is 14.6 Å². The van der Waals surface area contributed by atoms with Crippen LogP contribution in [0.15, 0.2) is 46.0 Å². The second-order valence-electron chi connectivity index (χ2n) is 8.71. The lowest BCUT2D eigenvalue weighted by atomic mass is 9.58. The highest BCUT2D eigenvalue weighted by Gasteiger charge is 2.61. The van der Waals surface area contributed by atoms with Gasteiger partial charge in [0.15, 0.2) is 0 Å². The fourth-order valence-corrected chi connectivity index (χ4v) is 4.65. The van der Waals surface area contributed by atoms with Crippen molar-refractivity contribution in [2.24, 2.45) is 0 Å². The minimum Gasteiger partial charge on any atom is -0.456 e. The summed E-state index contributed by atoms with van der Waals surface area (Å²) in [6.45, 7) is 3.62. The highest BCUT2D eigenvalue weighted by molar-refractivity contribution is 6.32. The van der Waals surface area contributed by atoms with Crippen molar-refractivity contribution in [3.63, 3.8) is 0 Å². The molecular formula is C24H23ClF2N4O4. The van der Waals surface area contributed by atoms with E-state index in [1.165, 1.54) is 18.2 Å². The first-order valence-electron chi connectivity index (χ1n) is 10.9. The number of H-pyrrole nitrogens is 1. The van der Waals surface area contributed by atoms with Crippen molar-refractivity contribution in [3.8, 4) is 17.2 Å². The van der Waals surface area contributed by atoms with Crippen LogP contribution in [0.2, 0.25) is 5.02 Å². The third-order valence-corrected chi connectivity index (χ3v) is 6.39. The highest BCUT2D eigenvalue weighted by atomic mass is 35.5. The molecule has 0 atom stereocenters. The minimum absolute atomic E-state index is 0.120. The molecule has 1 aliphatic rings. The molecule has 0 spiro atoms. The van der Waals surface area contributed by atoms with Crippen LogP contribution in [-0.2, 0) is 10.2 Å². The molecule has 3 aromatic rings. The number of rotatable bonds is 7. The molecule has 3 N–H and O–H groups in total. The van der Waals surface area contributed by atoms with Crippen molar-refractivity contribution in [1.29, 1.82) is 0 Å². The van der Waals surface area contributed by atoms with Crippen molar-refractivity contribution < 1.29 is 18.3 Å². The zero-order valence-corrected chi connectivity index (χ0v) is 19.8. The quantitative estimate of drug-likeness (QED) is 0.495. The molecule has 2 aromatic carbocycles. The maximum atomic E-state index is 13.9. The maximum absolute atomic E-state index is 13.9. The molecule has 1 heterocycles. The Kier molecular flexibility index (Phi) is 6.27. The van der Waals surface area contributed by atoms with Gasteiger partial charge in [-0.1, -0.05) is 24.6 Å². The number of ketones is 1. The molecule has 1 aromatic heterocycles. The Bertz CT molecular complexity index is 1430. The van der Waals surface area contributed by atoms with E-state index in [0.717, 1.165) is 10.2 Å². The first-order chi connectivity index (χ1) is 16.5. The average molecular weight is 505 g/mol. The summed E-state index contributed by atoms with van der Waals surface area (Å²) in [6, 6.07) is 9.36. The molecule has 35 heavy (non-hydrogen) atoms. The summed E-state index contributed by atoms with van der Waals surface area (Å²) in [5.74, 6) is -2.93. The normalized spacial score (nSPS) is 15.9. The second kappa shape index (κ2) is 8.92. The van der Waals surface area contributed by atoms with Gasteiger partial charge < -0.3 is 10.5 Å². The summed E-state index contributed by atoms with van der Waals surface area (Å²) in [4.78, 5) is 38.4. The molecule has 0 unspecified atom stereocenters. The van der Waals surface area contributed by atoms with E-state index in [-0.39, 0.29) is 34.5 Å². The van der Waals surface area contributed by atoms with Crippen molar-refractivity contribution in [3.05, 3.63) is 73.4 Å². The molecule has 1 aliphatic carbocycles. The molecule has 11 heteroatoms. The number of hydrogen-bond acceptors (Lipinski definition) is 6. The lowest BCUT2D eigenvalue weighted by Gasteiger charge is -2.47. The first kappa shape index (κ1) is 24.6. The molecule has 0 aliphatic heterocycles. The number of ether oxygens (including phenoxy) is 1. The molecule has 0 radical (unpaired) electrons. The predicted molar refractivity (Wildman–Crippen MR) is 127 cm³/mol. The number of aromatic nitrogens is 3. The van der Waals surface area contributed by atoms with Gasteiger partial charge in [0.1, 0.15) is 17.3 Å². The van der Waals surface area contributed by atoms with Crippen molar-refractivity contribution in [1.82, 2.24) is 14.8 Å². The van der Waals surface area contributed by atoms with Crippen LogP contribution in [0.5, 0.6) is 11.5 Å². The Hall–Kier alpha value is -3.53. The van der Waals surface area contributed by atoms with E-state index in [9.17, 15) is 23.2 Å². The number of Topliss-reactive ketones (excluding diaryl/α,β-unsaturated/α-hetero) is 1. The molecule has 0 bridgehead atoms. The second-order valence-corrected chi connectivity index (χ2v) is 9.12. The zero-order valence-electron chi connectivity index (χ0n) is 19.0.